The van der Waals surface area contributed by atoms with Crippen molar-refractivity contribution in [3.05, 3.63) is 47.5 Å². The van der Waals surface area contributed by atoms with Crippen molar-refractivity contribution in [2.45, 2.75) is 38.9 Å². The molecule has 0 heterocycles. The Balaban J connectivity index is 1.77. The summed E-state index contributed by atoms with van der Waals surface area (Å²) in [5.74, 6) is 0.176. The van der Waals surface area contributed by atoms with Crippen LogP contribution in [0.4, 0.5) is 0 Å². The number of aliphatic hydroxyl groups is 1. The Hall–Kier alpha value is -1.12. The highest BCUT2D eigenvalue weighted by Crippen LogP contribution is 2.28. The van der Waals surface area contributed by atoms with E-state index in [1.807, 2.05) is 18.2 Å². The largest absolute Gasteiger partial charge is 0.392 e. The molecule has 2 rings (SSSR count). The normalized spacial score (nSPS) is 23.1. The highest BCUT2D eigenvalue weighted by molar-refractivity contribution is 5.15. The summed E-state index contributed by atoms with van der Waals surface area (Å²) in [4.78, 5) is 0. The SMILES string of the molecule is CCCC1=C[C@H](COCc2ccccc2)[C@@H](O)C1. The third-order valence-electron chi connectivity index (χ3n) is 3.41. The molecule has 0 aliphatic heterocycles. The lowest BCUT2D eigenvalue weighted by Crippen LogP contribution is -2.19. The minimum absolute atomic E-state index is 0.176. The molecule has 0 saturated heterocycles. The van der Waals surface area contributed by atoms with Crippen molar-refractivity contribution < 1.29 is 9.84 Å². The summed E-state index contributed by atoms with van der Waals surface area (Å²) in [6.45, 7) is 3.41. The maximum absolute atomic E-state index is 9.95. The van der Waals surface area contributed by atoms with Gasteiger partial charge in [-0.05, 0) is 18.4 Å². The molecule has 0 amide bonds. The number of aliphatic hydroxyl groups excluding tert-OH is 1. The summed E-state index contributed by atoms with van der Waals surface area (Å²) in [7, 11) is 0. The third-order valence-corrected chi connectivity index (χ3v) is 3.41. The van der Waals surface area contributed by atoms with E-state index in [2.05, 4.69) is 25.1 Å². The molecule has 1 N–H and O–H groups in total. The molecule has 0 aromatic heterocycles. The first-order chi connectivity index (χ1) is 8.79. The van der Waals surface area contributed by atoms with E-state index in [1.165, 1.54) is 11.1 Å². The molecule has 2 atom stereocenters. The fourth-order valence-electron chi connectivity index (χ4n) is 2.45. The Morgan fingerprint density at radius 2 is 2.06 bits per heavy atom. The van der Waals surface area contributed by atoms with Crippen LogP contribution in [0.1, 0.15) is 31.7 Å². The zero-order valence-electron chi connectivity index (χ0n) is 11.0. The van der Waals surface area contributed by atoms with Gasteiger partial charge in [0.15, 0.2) is 0 Å². The van der Waals surface area contributed by atoms with Crippen molar-refractivity contribution >= 4 is 0 Å². The van der Waals surface area contributed by atoms with Crippen molar-refractivity contribution in [3.63, 3.8) is 0 Å². The van der Waals surface area contributed by atoms with Crippen LogP contribution in [0.25, 0.3) is 0 Å². The molecule has 1 aromatic carbocycles. The van der Waals surface area contributed by atoms with Gasteiger partial charge in [0.2, 0.25) is 0 Å². The number of rotatable bonds is 6. The Morgan fingerprint density at radius 3 is 2.78 bits per heavy atom. The maximum atomic E-state index is 9.95. The van der Waals surface area contributed by atoms with Gasteiger partial charge in [0.1, 0.15) is 0 Å². The van der Waals surface area contributed by atoms with Crippen LogP contribution in [0.3, 0.4) is 0 Å². The van der Waals surface area contributed by atoms with E-state index in [1.54, 1.807) is 0 Å². The summed E-state index contributed by atoms with van der Waals surface area (Å²) in [5.41, 5.74) is 2.57. The van der Waals surface area contributed by atoms with E-state index < -0.39 is 0 Å². The molecule has 1 aromatic rings. The predicted octanol–water partition coefficient (Wildman–Crippen LogP) is 3.31. The lowest BCUT2D eigenvalue weighted by molar-refractivity contribution is 0.0476. The van der Waals surface area contributed by atoms with Crippen LogP contribution < -0.4 is 0 Å². The zero-order valence-corrected chi connectivity index (χ0v) is 11.0. The van der Waals surface area contributed by atoms with Gasteiger partial charge in [0.05, 0.1) is 19.3 Å². The maximum Gasteiger partial charge on any atom is 0.0717 e. The van der Waals surface area contributed by atoms with E-state index in [0.717, 1.165) is 19.3 Å². The minimum atomic E-state index is -0.248. The van der Waals surface area contributed by atoms with Crippen LogP contribution in [0.2, 0.25) is 0 Å². The zero-order chi connectivity index (χ0) is 12.8. The average Bonchev–Trinajstić information content (AvgIpc) is 2.72. The van der Waals surface area contributed by atoms with Crippen LogP contribution in [0.15, 0.2) is 42.0 Å². The van der Waals surface area contributed by atoms with Gasteiger partial charge in [-0.2, -0.15) is 0 Å². The van der Waals surface area contributed by atoms with Gasteiger partial charge in [-0.3, -0.25) is 0 Å². The van der Waals surface area contributed by atoms with Crippen LogP contribution in [-0.4, -0.2) is 17.8 Å². The summed E-state index contributed by atoms with van der Waals surface area (Å²) >= 11 is 0. The smallest absolute Gasteiger partial charge is 0.0717 e. The minimum Gasteiger partial charge on any atom is -0.392 e. The van der Waals surface area contributed by atoms with Crippen LogP contribution in [0.5, 0.6) is 0 Å². The highest BCUT2D eigenvalue weighted by atomic mass is 16.5. The van der Waals surface area contributed by atoms with Crippen molar-refractivity contribution in [2.75, 3.05) is 6.61 Å². The van der Waals surface area contributed by atoms with Gasteiger partial charge < -0.3 is 9.84 Å². The molecule has 0 spiro atoms. The number of ether oxygens (including phenoxy) is 1. The summed E-state index contributed by atoms with van der Waals surface area (Å²) in [6, 6.07) is 10.2. The quantitative estimate of drug-likeness (QED) is 0.780. The second kappa shape index (κ2) is 6.72. The average molecular weight is 246 g/mol. The molecule has 2 heteroatoms. The molecule has 2 nitrogen and oxygen atoms in total. The topological polar surface area (TPSA) is 29.5 Å². The van der Waals surface area contributed by atoms with Gasteiger partial charge >= 0.3 is 0 Å². The van der Waals surface area contributed by atoms with Crippen molar-refractivity contribution in [1.29, 1.82) is 0 Å². The monoisotopic (exact) mass is 246 g/mol. The molecule has 98 valence electrons. The molecule has 0 fully saturated rings. The number of hydrogen-bond donors (Lipinski definition) is 1. The second-order valence-electron chi connectivity index (χ2n) is 5.01. The van der Waals surface area contributed by atoms with Crippen LogP contribution in [-0.2, 0) is 11.3 Å². The lowest BCUT2D eigenvalue weighted by Gasteiger charge is -2.13. The predicted molar refractivity (Wildman–Crippen MR) is 73.2 cm³/mol. The molecular formula is C16H22O2. The fourth-order valence-corrected chi connectivity index (χ4v) is 2.45. The van der Waals surface area contributed by atoms with E-state index >= 15 is 0 Å². The molecule has 0 saturated carbocycles. The van der Waals surface area contributed by atoms with Gasteiger partial charge in [0, 0.05) is 5.92 Å². The van der Waals surface area contributed by atoms with Gasteiger partial charge in [-0.25, -0.2) is 0 Å². The molecule has 18 heavy (non-hydrogen) atoms. The molecule has 0 bridgehead atoms. The molecule has 0 unspecified atom stereocenters. The standard InChI is InChI=1S/C16H22O2/c1-2-6-14-9-15(16(17)10-14)12-18-11-13-7-4-3-5-8-13/h3-5,7-9,15-17H,2,6,10-12H2,1H3/t15-,16+/m1/s1. The lowest BCUT2D eigenvalue weighted by atomic mass is 10.1. The Labute approximate surface area is 109 Å². The van der Waals surface area contributed by atoms with Crippen LogP contribution in [0, 0.1) is 5.92 Å². The number of benzene rings is 1. The number of hydrogen-bond acceptors (Lipinski definition) is 2. The van der Waals surface area contributed by atoms with Crippen LogP contribution >= 0.6 is 0 Å². The summed E-state index contributed by atoms with van der Waals surface area (Å²) in [5, 5.41) is 9.95. The molecule has 0 radical (unpaired) electrons. The van der Waals surface area contributed by atoms with Crippen molar-refractivity contribution in [1.82, 2.24) is 0 Å². The van der Waals surface area contributed by atoms with Gasteiger partial charge in [-0.15, -0.1) is 0 Å². The first-order valence-electron chi connectivity index (χ1n) is 6.79. The molecule has 1 aliphatic carbocycles. The van der Waals surface area contributed by atoms with E-state index in [0.29, 0.717) is 13.2 Å². The Kier molecular flexibility index (Phi) is 4.97. The first-order valence-corrected chi connectivity index (χ1v) is 6.79. The third kappa shape index (κ3) is 3.69. The van der Waals surface area contributed by atoms with E-state index in [9.17, 15) is 5.11 Å². The van der Waals surface area contributed by atoms with Gasteiger partial charge in [-0.1, -0.05) is 55.3 Å². The Bertz CT molecular complexity index is 383. The fraction of sp³-hybridized carbons (Fsp3) is 0.500. The first kappa shape index (κ1) is 13.3. The van der Waals surface area contributed by atoms with Crippen molar-refractivity contribution in [3.8, 4) is 0 Å². The van der Waals surface area contributed by atoms with Crippen molar-refractivity contribution in [2.24, 2.45) is 5.92 Å². The molecule has 1 aliphatic rings. The van der Waals surface area contributed by atoms with Gasteiger partial charge in [0.25, 0.3) is 0 Å². The summed E-state index contributed by atoms with van der Waals surface area (Å²) < 4.78 is 5.70. The van der Waals surface area contributed by atoms with E-state index in [-0.39, 0.29) is 12.0 Å². The molecular weight excluding hydrogens is 224 g/mol. The summed E-state index contributed by atoms with van der Waals surface area (Å²) in [6.07, 6.45) is 5.04. The highest BCUT2D eigenvalue weighted by Gasteiger charge is 2.25. The Morgan fingerprint density at radius 1 is 1.28 bits per heavy atom. The van der Waals surface area contributed by atoms with E-state index in [4.69, 9.17) is 4.74 Å². The second-order valence-corrected chi connectivity index (χ2v) is 5.01.